The van der Waals surface area contributed by atoms with E-state index in [1.54, 1.807) is 0 Å². The number of aromatic nitrogens is 2. The molecule has 0 bridgehead atoms. The highest BCUT2D eigenvalue weighted by molar-refractivity contribution is 6.11. The van der Waals surface area contributed by atoms with Crippen LogP contribution in [0.1, 0.15) is 59.8 Å². The first kappa shape index (κ1) is 33.0. The number of nitrogens with zero attached hydrogens (tertiary/aromatic N) is 3. The molecule has 0 unspecified atom stereocenters. The van der Waals surface area contributed by atoms with Crippen molar-refractivity contribution in [2.45, 2.75) is 58.5 Å². The van der Waals surface area contributed by atoms with Crippen molar-refractivity contribution in [3.8, 4) is 0 Å². The summed E-state index contributed by atoms with van der Waals surface area (Å²) in [5.74, 6) is 0.0262. The molecule has 1 aliphatic heterocycles. The van der Waals surface area contributed by atoms with Gasteiger partial charge in [0.05, 0.1) is 11.4 Å². The van der Waals surface area contributed by atoms with Crippen molar-refractivity contribution in [3.63, 3.8) is 0 Å². The third-order valence-corrected chi connectivity index (χ3v) is 10.7. The van der Waals surface area contributed by atoms with Crippen LogP contribution in [0.25, 0.3) is 32.7 Å². The van der Waals surface area contributed by atoms with Crippen molar-refractivity contribution in [2.75, 3.05) is 36.8 Å². The van der Waals surface area contributed by atoms with E-state index in [9.17, 15) is 9.59 Å². The second kappa shape index (κ2) is 14.6. The smallest absolute Gasteiger partial charge is 0.255 e. The van der Waals surface area contributed by atoms with Gasteiger partial charge in [-0.15, -0.1) is 0 Å². The lowest BCUT2D eigenvalue weighted by atomic mass is 9.92. The van der Waals surface area contributed by atoms with Crippen LogP contribution in [0.3, 0.4) is 0 Å². The molecule has 0 radical (unpaired) electrons. The molecule has 8 heteroatoms. The Morgan fingerprint density at radius 1 is 0.843 bits per heavy atom. The summed E-state index contributed by atoms with van der Waals surface area (Å²) in [6.45, 7) is 6.91. The van der Waals surface area contributed by atoms with Crippen LogP contribution in [0.15, 0.2) is 91.0 Å². The van der Waals surface area contributed by atoms with Crippen LogP contribution in [-0.4, -0.2) is 52.4 Å². The zero-order valence-corrected chi connectivity index (χ0v) is 29.4. The van der Waals surface area contributed by atoms with E-state index in [0.717, 1.165) is 80.6 Å². The standard InChI is InChI=1S/C43H46N6O2/c1-2-49-39-15-8-5-10-33(39)36-26-32(20-21-40(36)49)46-43(51)30-18-16-29(17-19-30)27-48-25-22-31(28-48)42(50)45-24-9-23-44-41-34-11-3-6-13-37(34)47-38-14-7-4-12-35(38)41/h3,5-6,8,10-11,13,15-21,26,31H,2,4,7,9,12,14,22-25,27-28H2,1H3,(H,44,47)(H,45,50)(H,46,51)/t31-/m1/s1. The maximum atomic E-state index is 13.2. The molecule has 1 fully saturated rings. The summed E-state index contributed by atoms with van der Waals surface area (Å²) in [5.41, 5.74) is 9.83. The number of anilines is 2. The molecule has 4 aromatic carbocycles. The summed E-state index contributed by atoms with van der Waals surface area (Å²) >= 11 is 0. The van der Waals surface area contributed by atoms with Gasteiger partial charge in [-0.05, 0) is 106 Å². The summed E-state index contributed by atoms with van der Waals surface area (Å²) in [5, 5.41) is 13.5. The molecule has 1 atom stereocenters. The Bertz CT molecular complexity index is 2220. The van der Waals surface area contributed by atoms with Gasteiger partial charge >= 0.3 is 0 Å². The molecule has 0 saturated carbocycles. The summed E-state index contributed by atoms with van der Waals surface area (Å²) in [6.07, 6.45) is 6.28. The molecular weight excluding hydrogens is 633 g/mol. The number of aryl methyl sites for hydroxylation is 2. The average Bonchev–Trinajstić information content (AvgIpc) is 3.76. The fraction of sp³-hybridized carbons (Fsp3) is 0.326. The van der Waals surface area contributed by atoms with Crippen LogP contribution in [0.5, 0.6) is 0 Å². The van der Waals surface area contributed by atoms with Crippen LogP contribution in [0, 0.1) is 5.92 Å². The molecule has 8 rings (SSSR count). The number of rotatable bonds is 11. The van der Waals surface area contributed by atoms with E-state index in [-0.39, 0.29) is 17.7 Å². The molecule has 2 amide bonds. The van der Waals surface area contributed by atoms with Gasteiger partial charge in [-0.1, -0.05) is 48.5 Å². The van der Waals surface area contributed by atoms with Crippen molar-refractivity contribution in [3.05, 3.63) is 113 Å². The topological polar surface area (TPSA) is 91.3 Å². The highest BCUT2D eigenvalue weighted by atomic mass is 16.2. The molecule has 8 nitrogen and oxygen atoms in total. The lowest BCUT2D eigenvalue weighted by Crippen LogP contribution is -2.33. The van der Waals surface area contributed by atoms with E-state index in [2.05, 4.69) is 93.0 Å². The van der Waals surface area contributed by atoms with Gasteiger partial charge < -0.3 is 20.5 Å². The fourth-order valence-electron chi connectivity index (χ4n) is 8.12. The predicted molar refractivity (Wildman–Crippen MR) is 207 cm³/mol. The third kappa shape index (κ3) is 6.80. The van der Waals surface area contributed by atoms with E-state index in [0.29, 0.717) is 12.1 Å². The second-order valence-electron chi connectivity index (χ2n) is 14.1. The largest absolute Gasteiger partial charge is 0.384 e. The number of carbonyl (C=O) groups excluding carboxylic acids is 2. The quantitative estimate of drug-likeness (QED) is 0.121. The summed E-state index contributed by atoms with van der Waals surface area (Å²) in [6, 6.07) is 30.8. The highest BCUT2D eigenvalue weighted by Gasteiger charge is 2.28. The van der Waals surface area contributed by atoms with Gasteiger partial charge in [0, 0.05) is 82.5 Å². The highest BCUT2D eigenvalue weighted by Crippen LogP contribution is 2.34. The Kier molecular flexibility index (Phi) is 9.41. The van der Waals surface area contributed by atoms with E-state index in [4.69, 9.17) is 4.98 Å². The van der Waals surface area contributed by atoms with Crippen molar-refractivity contribution in [2.24, 2.45) is 5.92 Å². The number of likely N-dealkylation sites (tertiary alicyclic amines) is 1. The number of fused-ring (bicyclic) bond motifs is 5. The monoisotopic (exact) mass is 678 g/mol. The molecule has 2 aliphatic rings. The Labute approximate surface area is 299 Å². The molecule has 6 aromatic rings. The van der Waals surface area contributed by atoms with Crippen molar-refractivity contribution in [1.29, 1.82) is 0 Å². The average molecular weight is 679 g/mol. The molecule has 260 valence electrons. The zero-order valence-electron chi connectivity index (χ0n) is 29.4. The summed E-state index contributed by atoms with van der Waals surface area (Å²) < 4.78 is 2.31. The van der Waals surface area contributed by atoms with Crippen molar-refractivity contribution >= 4 is 55.9 Å². The zero-order chi connectivity index (χ0) is 34.7. The van der Waals surface area contributed by atoms with Crippen LogP contribution < -0.4 is 16.0 Å². The molecule has 1 saturated heterocycles. The minimum Gasteiger partial charge on any atom is -0.384 e. The number of nitrogens with one attached hydrogen (secondary N) is 3. The van der Waals surface area contributed by atoms with E-state index >= 15 is 0 Å². The minimum atomic E-state index is -0.123. The minimum absolute atomic E-state index is 0.00265. The maximum absolute atomic E-state index is 13.2. The van der Waals surface area contributed by atoms with E-state index in [1.165, 1.54) is 51.6 Å². The first-order chi connectivity index (χ1) is 25.1. The molecular formula is C43H46N6O2. The van der Waals surface area contributed by atoms with Crippen molar-refractivity contribution < 1.29 is 9.59 Å². The number of benzene rings is 4. The van der Waals surface area contributed by atoms with Gasteiger partial charge in [-0.2, -0.15) is 0 Å². The first-order valence-electron chi connectivity index (χ1n) is 18.6. The molecule has 3 N–H and O–H groups in total. The van der Waals surface area contributed by atoms with Crippen LogP contribution in [0.4, 0.5) is 11.4 Å². The number of para-hydroxylation sites is 2. The lowest BCUT2D eigenvalue weighted by Gasteiger charge is -2.21. The first-order valence-corrected chi connectivity index (χ1v) is 18.6. The Hall–Kier alpha value is -5.21. The van der Waals surface area contributed by atoms with Gasteiger partial charge in [0.25, 0.3) is 5.91 Å². The molecule has 2 aromatic heterocycles. The van der Waals surface area contributed by atoms with Crippen LogP contribution in [-0.2, 0) is 30.7 Å². The van der Waals surface area contributed by atoms with Gasteiger partial charge in [0.2, 0.25) is 5.91 Å². The normalized spacial score (nSPS) is 16.1. The third-order valence-electron chi connectivity index (χ3n) is 10.7. The summed E-state index contributed by atoms with van der Waals surface area (Å²) in [4.78, 5) is 33.5. The molecule has 1 aliphatic carbocycles. The van der Waals surface area contributed by atoms with Gasteiger partial charge in [-0.25, -0.2) is 0 Å². The summed E-state index contributed by atoms with van der Waals surface area (Å²) in [7, 11) is 0. The Morgan fingerprint density at radius 3 is 2.49 bits per heavy atom. The fourth-order valence-corrected chi connectivity index (χ4v) is 8.12. The molecule has 51 heavy (non-hydrogen) atoms. The maximum Gasteiger partial charge on any atom is 0.255 e. The SMILES string of the molecule is CCn1c2ccccc2c2cc(NC(=O)c3ccc(CN4CC[C@@H](C(=O)NCCCNc5c6c(nc7ccccc57)CCCC6)C4)cc3)ccc21. The number of carbonyl (C=O) groups is 2. The molecule has 3 heterocycles. The molecule has 0 spiro atoms. The lowest BCUT2D eigenvalue weighted by molar-refractivity contribution is -0.124. The van der Waals surface area contributed by atoms with Gasteiger partial charge in [0.1, 0.15) is 0 Å². The van der Waals surface area contributed by atoms with Crippen LogP contribution in [0.2, 0.25) is 0 Å². The Balaban J connectivity index is 0.804. The van der Waals surface area contributed by atoms with E-state index in [1.807, 2.05) is 30.3 Å². The van der Waals surface area contributed by atoms with Gasteiger partial charge in [-0.3, -0.25) is 19.5 Å². The second-order valence-corrected chi connectivity index (χ2v) is 14.1. The Morgan fingerprint density at radius 2 is 1.63 bits per heavy atom. The number of pyridine rings is 1. The predicted octanol–water partition coefficient (Wildman–Crippen LogP) is 7.93. The number of hydrogen-bond acceptors (Lipinski definition) is 5. The van der Waals surface area contributed by atoms with Crippen molar-refractivity contribution in [1.82, 2.24) is 19.8 Å². The van der Waals surface area contributed by atoms with Gasteiger partial charge in [0.15, 0.2) is 0 Å². The number of hydrogen-bond donors (Lipinski definition) is 3. The van der Waals surface area contributed by atoms with E-state index < -0.39 is 0 Å². The number of amides is 2. The van der Waals surface area contributed by atoms with Crippen LogP contribution >= 0.6 is 0 Å².